The van der Waals surface area contributed by atoms with Gasteiger partial charge in [-0.2, -0.15) is 4.31 Å². The normalized spacial score (nSPS) is 21.8. The Bertz CT molecular complexity index is 1340. The zero-order valence-corrected chi connectivity index (χ0v) is 22.8. The number of hydrogen-bond donors (Lipinski definition) is 0. The number of piperazine rings is 1. The van der Waals surface area contributed by atoms with Gasteiger partial charge in [-0.25, -0.2) is 13.4 Å². The van der Waals surface area contributed by atoms with Crippen LogP contribution in [0.2, 0.25) is 0 Å². The van der Waals surface area contributed by atoms with Crippen molar-refractivity contribution >= 4 is 42.6 Å². The van der Waals surface area contributed by atoms with Crippen molar-refractivity contribution in [2.24, 2.45) is 11.8 Å². The summed E-state index contributed by atoms with van der Waals surface area (Å²) in [5.41, 5.74) is 2.86. The summed E-state index contributed by atoms with van der Waals surface area (Å²) >= 11 is 1.71. The number of carbonyl (C=O) groups excluding carboxylic acids is 1. The third-order valence-corrected chi connectivity index (χ3v) is 10.2. The average Bonchev–Trinajstić information content (AvgIpc) is 3.31. The fraction of sp³-hybridized carbons (Fsp3) is 0.481. The van der Waals surface area contributed by atoms with Gasteiger partial charge in [0.15, 0.2) is 5.13 Å². The highest BCUT2D eigenvalue weighted by molar-refractivity contribution is 7.89. The number of carbonyl (C=O) groups is 1. The number of nitrogens with zero attached hydrogens (tertiary/aromatic N) is 4. The van der Waals surface area contributed by atoms with Crippen LogP contribution in [0.4, 0.5) is 5.13 Å². The van der Waals surface area contributed by atoms with Crippen LogP contribution < -0.4 is 4.90 Å². The third kappa shape index (κ3) is 5.01. The topological polar surface area (TPSA) is 73.8 Å². The van der Waals surface area contributed by atoms with E-state index in [2.05, 4.69) is 43.9 Å². The smallest absolute Gasteiger partial charge is 0.253 e. The molecule has 2 aromatic carbocycles. The first-order valence-corrected chi connectivity index (χ1v) is 15.0. The Hall–Kier alpha value is -2.49. The van der Waals surface area contributed by atoms with Crippen LogP contribution in [0.3, 0.4) is 0 Å². The molecule has 3 aromatic rings. The van der Waals surface area contributed by atoms with E-state index in [-0.39, 0.29) is 10.8 Å². The Balaban J connectivity index is 1.22. The maximum Gasteiger partial charge on any atom is 0.253 e. The van der Waals surface area contributed by atoms with Crippen molar-refractivity contribution in [2.45, 2.75) is 38.5 Å². The van der Waals surface area contributed by atoms with Crippen molar-refractivity contribution in [1.82, 2.24) is 14.2 Å². The number of sulfonamides is 1. The van der Waals surface area contributed by atoms with Gasteiger partial charge in [0.1, 0.15) is 0 Å². The molecule has 0 radical (unpaired) electrons. The maximum absolute atomic E-state index is 13.2. The molecule has 36 heavy (non-hydrogen) atoms. The fourth-order valence-electron chi connectivity index (χ4n) is 5.32. The molecule has 2 atom stereocenters. The van der Waals surface area contributed by atoms with Gasteiger partial charge in [-0.05, 0) is 66.6 Å². The molecule has 0 bridgehead atoms. The van der Waals surface area contributed by atoms with Crippen molar-refractivity contribution in [3.8, 4) is 0 Å². The van der Waals surface area contributed by atoms with Crippen LogP contribution >= 0.6 is 11.3 Å². The zero-order chi connectivity index (χ0) is 25.4. The predicted molar refractivity (Wildman–Crippen MR) is 145 cm³/mol. The van der Waals surface area contributed by atoms with Gasteiger partial charge < -0.3 is 9.80 Å². The van der Waals surface area contributed by atoms with Crippen molar-refractivity contribution in [3.63, 3.8) is 0 Å². The monoisotopic (exact) mass is 526 g/mol. The molecule has 2 aliphatic heterocycles. The Morgan fingerprint density at radius 1 is 1.00 bits per heavy atom. The van der Waals surface area contributed by atoms with Gasteiger partial charge in [-0.1, -0.05) is 38.2 Å². The summed E-state index contributed by atoms with van der Waals surface area (Å²) in [5, 5.41) is 1.00. The summed E-state index contributed by atoms with van der Waals surface area (Å²) in [5.74, 6) is 0.634. The van der Waals surface area contributed by atoms with Crippen LogP contribution in [0.25, 0.3) is 10.2 Å². The minimum atomic E-state index is -3.55. The second-order valence-corrected chi connectivity index (χ2v) is 13.2. The van der Waals surface area contributed by atoms with Crippen LogP contribution in [0.1, 0.15) is 43.1 Å². The van der Waals surface area contributed by atoms with Gasteiger partial charge in [0.05, 0.1) is 15.1 Å². The maximum atomic E-state index is 13.2. The quantitative estimate of drug-likeness (QED) is 0.490. The lowest BCUT2D eigenvalue weighted by atomic mass is 9.94. The minimum absolute atomic E-state index is 0.0595. The average molecular weight is 527 g/mol. The minimum Gasteiger partial charge on any atom is -0.345 e. The van der Waals surface area contributed by atoms with Gasteiger partial charge in [0.2, 0.25) is 10.0 Å². The Morgan fingerprint density at radius 2 is 1.67 bits per heavy atom. The van der Waals surface area contributed by atoms with Crippen LogP contribution in [-0.4, -0.2) is 67.8 Å². The molecule has 1 amide bonds. The molecule has 0 aliphatic carbocycles. The van der Waals surface area contributed by atoms with E-state index >= 15 is 0 Å². The highest BCUT2D eigenvalue weighted by atomic mass is 32.2. The van der Waals surface area contributed by atoms with Crippen molar-refractivity contribution < 1.29 is 13.2 Å². The zero-order valence-electron chi connectivity index (χ0n) is 21.2. The lowest BCUT2D eigenvalue weighted by Gasteiger charge is -2.35. The van der Waals surface area contributed by atoms with Gasteiger partial charge >= 0.3 is 0 Å². The van der Waals surface area contributed by atoms with Gasteiger partial charge in [0.25, 0.3) is 5.91 Å². The number of anilines is 1. The molecule has 192 valence electrons. The summed E-state index contributed by atoms with van der Waals surface area (Å²) < 4.78 is 29.1. The predicted octanol–water partition coefficient (Wildman–Crippen LogP) is 4.49. The van der Waals surface area contributed by atoms with Crippen LogP contribution in [0.5, 0.6) is 0 Å². The van der Waals surface area contributed by atoms with Gasteiger partial charge in [0, 0.05) is 44.8 Å². The summed E-state index contributed by atoms with van der Waals surface area (Å²) in [6.07, 6.45) is 2.05. The molecule has 2 aliphatic rings. The molecule has 5 rings (SSSR count). The first-order valence-electron chi connectivity index (χ1n) is 12.8. The molecule has 1 aromatic heterocycles. The SMILES string of the molecule is CCc1ccc2nc(N3CCN(C(=O)c4ccc(S(=O)(=O)N5CC(C)CC(C)C5)cc4)CC3)sc2c1. The highest BCUT2D eigenvalue weighted by Gasteiger charge is 2.32. The Morgan fingerprint density at radius 3 is 2.31 bits per heavy atom. The summed E-state index contributed by atoms with van der Waals surface area (Å²) in [4.78, 5) is 22.3. The summed E-state index contributed by atoms with van der Waals surface area (Å²) in [6, 6.07) is 12.9. The number of thiazole rings is 1. The van der Waals surface area contributed by atoms with Crippen molar-refractivity contribution in [1.29, 1.82) is 0 Å². The molecule has 0 spiro atoms. The van der Waals surface area contributed by atoms with E-state index in [0.717, 1.165) is 36.6 Å². The number of rotatable bonds is 5. The first kappa shape index (κ1) is 25.2. The van der Waals surface area contributed by atoms with E-state index in [0.29, 0.717) is 43.6 Å². The molecule has 2 saturated heterocycles. The molecule has 0 saturated carbocycles. The lowest BCUT2D eigenvalue weighted by molar-refractivity contribution is 0.0746. The second-order valence-electron chi connectivity index (χ2n) is 10.2. The number of hydrogen-bond acceptors (Lipinski definition) is 6. The molecule has 3 heterocycles. The lowest BCUT2D eigenvalue weighted by Crippen LogP contribution is -2.48. The largest absolute Gasteiger partial charge is 0.345 e. The molecule has 2 fully saturated rings. The number of aryl methyl sites for hydroxylation is 1. The number of benzene rings is 2. The van der Waals surface area contributed by atoms with Crippen LogP contribution in [0.15, 0.2) is 47.4 Å². The van der Waals surface area contributed by atoms with Crippen LogP contribution in [-0.2, 0) is 16.4 Å². The highest BCUT2D eigenvalue weighted by Crippen LogP contribution is 2.31. The molecule has 2 unspecified atom stereocenters. The van der Waals surface area contributed by atoms with E-state index in [1.807, 2.05) is 4.90 Å². The molecule has 0 N–H and O–H groups in total. The van der Waals surface area contributed by atoms with Crippen LogP contribution in [0, 0.1) is 11.8 Å². The second kappa shape index (κ2) is 10.1. The number of amides is 1. The molecule has 7 nitrogen and oxygen atoms in total. The molecule has 9 heteroatoms. The van der Waals surface area contributed by atoms with Gasteiger partial charge in [-0.3, -0.25) is 4.79 Å². The number of aromatic nitrogens is 1. The molecular weight excluding hydrogens is 492 g/mol. The number of fused-ring (bicyclic) bond motifs is 1. The molecular formula is C27H34N4O3S2. The number of piperidine rings is 1. The first-order chi connectivity index (χ1) is 17.2. The summed E-state index contributed by atoms with van der Waals surface area (Å²) in [6.45, 7) is 10.1. The third-order valence-electron chi connectivity index (χ3n) is 7.26. The fourth-order valence-corrected chi connectivity index (χ4v) is 8.08. The van der Waals surface area contributed by atoms with Gasteiger partial charge in [-0.15, -0.1) is 0 Å². The Labute approximate surface area is 217 Å². The summed E-state index contributed by atoms with van der Waals surface area (Å²) in [7, 11) is -3.55. The Kier molecular flexibility index (Phi) is 7.07. The van der Waals surface area contributed by atoms with E-state index in [9.17, 15) is 13.2 Å². The van der Waals surface area contributed by atoms with E-state index in [1.54, 1.807) is 39.9 Å². The van der Waals surface area contributed by atoms with Crippen molar-refractivity contribution in [3.05, 3.63) is 53.6 Å². The standard InChI is InChI=1S/C27H34N4O3S2/c1-4-21-5-10-24-25(16-21)35-27(28-24)30-13-11-29(12-14-30)26(32)22-6-8-23(9-7-22)36(33,34)31-17-19(2)15-20(3)18-31/h5-10,16,19-20H,4,11-15,17-18H2,1-3H3. The van der Waals surface area contributed by atoms with E-state index < -0.39 is 10.0 Å². The van der Waals surface area contributed by atoms with E-state index in [1.165, 1.54) is 10.3 Å². The van der Waals surface area contributed by atoms with Crippen molar-refractivity contribution in [2.75, 3.05) is 44.2 Å². The van der Waals surface area contributed by atoms with E-state index in [4.69, 9.17) is 4.98 Å².